The van der Waals surface area contributed by atoms with Crippen molar-refractivity contribution < 1.29 is 0 Å². The molecule has 0 atom stereocenters. The van der Waals surface area contributed by atoms with Gasteiger partial charge in [-0.3, -0.25) is 0 Å². The lowest BCUT2D eigenvalue weighted by Crippen LogP contribution is -2.36. The number of halogens is 1. The molecule has 126 valence electrons. The Morgan fingerprint density at radius 3 is 2.61 bits per heavy atom. The van der Waals surface area contributed by atoms with Crippen LogP contribution in [0.5, 0.6) is 0 Å². The first-order valence-electron chi connectivity index (χ1n) is 7.58. The molecule has 2 N–H and O–H groups in total. The second kappa shape index (κ2) is 9.87. The average Bonchev–Trinajstić information content (AvgIpc) is 2.89. The third kappa shape index (κ3) is 6.47. The fraction of sp³-hybridized carbons (Fsp3) is 0.412. The van der Waals surface area contributed by atoms with Gasteiger partial charge in [0.05, 0.1) is 13.1 Å². The number of hydrogen-bond acceptors (Lipinski definition) is 3. The van der Waals surface area contributed by atoms with Gasteiger partial charge in [-0.2, -0.15) is 0 Å². The Bertz CT molecular complexity index is 652. The number of thiazole rings is 1. The van der Waals surface area contributed by atoms with Gasteiger partial charge in [0, 0.05) is 17.6 Å². The summed E-state index contributed by atoms with van der Waals surface area (Å²) in [7, 11) is 0. The van der Waals surface area contributed by atoms with Crippen LogP contribution in [0.4, 0.5) is 0 Å². The summed E-state index contributed by atoms with van der Waals surface area (Å²) in [6.07, 6.45) is 1.90. The van der Waals surface area contributed by atoms with Crippen LogP contribution in [0.3, 0.4) is 0 Å². The smallest absolute Gasteiger partial charge is 0.191 e. The number of nitrogens with one attached hydrogen (secondary N) is 2. The van der Waals surface area contributed by atoms with Crippen molar-refractivity contribution in [2.24, 2.45) is 4.99 Å². The third-order valence-electron chi connectivity index (χ3n) is 3.33. The molecule has 4 nitrogen and oxygen atoms in total. The van der Waals surface area contributed by atoms with Crippen LogP contribution in [0, 0.1) is 20.8 Å². The Labute approximate surface area is 159 Å². The largest absolute Gasteiger partial charge is 0.357 e. The maximum Gasteiger partial charge on any atom is 0.191 e. The van der Waals surface area contributed by atoms with Gasteiger partial charge < -0.3 is 10.6 Å². The maximum absolute atomic E-state index is 4.67. The molecule has 1 aromatic heterocycles. The number of aromatic nitrogens is 1. The number of nitrogens with zero attached hydrogens (tertiary/aromatic N) is 2. The predicted molar refractivity (Wildman–Crippen MR) is 110 cm³/mol. The van der Waals surface area contributed by atoms with Crippen molar-refractivity contribution in [3.8, 4) is 0 Å². The topological polar surface area (TPSA) is 49.3 Å². The van der Waals surface area contributed by atoms with Crippen molar-refractivity contribution in [1.82, 2.24) is 15.6 Å². The van der Waals surface area contributed by atoms with E-state index in [1.807, 2.05) is 6.20 Å². The van der Waals surface area contributed by atoms with Crippen LogP contribution in [0.1, 0.15) is 33.5 Å². The summed E-state index contributed by atoms with van der Waals surface area (Å²) in [6.45, 7) is 10.6. The number of guanidine groups is 1. The lowest BCUT2D eigenvalue weighted by Gasteiger charge is -2.11. The molecule has 0 aliphatic heterocycles. The van der Waals surface area contributed by atoms with E-state index in [-0.39, 0.29) is 24.0 Å². The number of aryl methyl sites for hydroxylation is 3. The Morgan fingerprint density at radius 1 is 1.22 bits per heavy atom. The molecule has 0 bridgehead atoms. The highest BCUT2D eigenvalue weighted by Crippen LogP contribution is 2.12. The van der Waals surface area contributed by atoms with E-state index in [1.165, 1.54) is 21.6 Å². The summed E-state index contributed by atoms with van der Waals surface area (Å²) in [5.74, 6) is 0.829. The molecule has 6 heteroatoms. The Balaban J connectivity index is 0.00000264. The fourth-order valence-electron chi connectivity index (χ4n) is 2.17. The minimum absolute atomic E-state index is 0. The van der Waals surface area contributed by atoms with Gasteiger partial charge >= 0.3 is 0 Å². The van der Waals surface area contributed by atoms with E-state index in [0.29, 0.717) is 13.1 Å². The quantitative estimate of drug-likeness (QED) is 0.417. The first-order chi connectivity index (χ1) is 10.6. The first-order valence-corrected chi connectivity index (χ1v) is 8.39. The summed E-state index contributed by atoms with van der Waals surface area (Å²) in [6, 6.07) is 6.49. The van der Waals surface area contributed by atoms with Crippen molar-refractivity contribution >= 4 is 41.3 Å². The third-order valence-corrected chi connectivity index (χ3v) is 4.24. The number of hydrogen-bond donors (Lipinski definition) is 2. The number of benzene rings is 1. The molecule has 23 heavy (non-hydrogen) atoms. The lowest BCUT2D eigenvalue weighted by atomic mass is 10.1. The van der Waals surface area contributed by atoms with Crippen molar-refractivity contribution in [1.29, 1.82) is 0 Å². The van der Waals surface area contributed by atoms with E-state index in [0.717, 1.165) is 17.5 Å². The molecule has 0 saturated carbocycles. The summed E-state index contributed by atoms with van der Waals surface area (Å²) in [5, 5.41) is 7.69. The van der Waals surface area contributed by atoms with Crippen molar-refractivity contribution in [2.45, 2.75) is 40.8 Å². The van der Waals surface area contributed by atoms with Crippen molar-refractivity contribution in [3.05, 3.63) is 51.0 Å². The highest BCUT2D eigenvalue weighted by atomic mass is 127. The van der Waals surface area contributed by atoms with E-state index in [9.17, 15) is 0 Å². The standard InChI is InChI=1S/C17H24N4S.HI/c1-5-18-17(21-11-16-19-9-14(4)22-16)20-10-15-7-6-12(2)8-13(15)3;/h6-9H,5,10-11H2,1-4H3,(H2,18,20,21);1H. The van der Waals surface area contributed by atoms with Crippen LogP contribution >= 0.6 is 35.3 Å². The van der Waals surface area contributed by atoms with Gasteiger partial charge in [0.2, 0.25) is 0 Å². The van der Waals surface area contributed by atoms with Crippen LogP contribution in [-0.2, 0) is 13.1 Å². The summed E-state index contributed by atoms with van der Waals surface area (Å²) in [5.41, 5.74) is 3.83. The van der Waals surface area contributed by atoms with Gasteiger partial charge in [-0.05, 0) is 38.8 Å². The van der Waals surface area contributed by atoms with E-state index in [2.05, 4.69) is 66.5 Å². The molecular formula is C17H25IN4S. The van der Waals surface area contributed by atoms with Gasteiger partial charge in [0.25, 0.3) is 0 Å². The van der Waals surface area contributed by atoms with E-state index in [1.54, 1.807) is 11.3 Å². The Morgan fingerprint density at radius 2 is 2.00 bits per heavy atom. The maximum atomic E-state index is 4.67. The molecule has 1 heterocycles. The number of aliphatic imine (C=N–C) groups is 1. The summed E-state index contributed by atoms with van der Waals surface area (Å²) in [4.78, 5) is 10.3. The highest BCUT2D eigenvalue weighted by Gasteiger charge is 2.03. The molecule has 0 aliphatic rings. The molecule has 0 spiro atoms. The SMILES string of the molecule is CCNC(=NCc1ccc(C)cc1C)NCc1ncc(C)s1.I. The molecule has 0 amide bonds. The average molecular weight is 444 g/mol. The number of rotatable bonds is 5. The Kier molecular flexibility index (Phi) is 8.54. The second-order valence-corrected chi connectivity index (χ2v) is 6.66. The zero-order chi connectivity index (χ0) is 15.9. The van der Waals surface area contributed by atoms with Crippen LogP contribution in [0.25, 0.3) is 0 Å². The van der Waals surface area contributed by atoms with E-state index in [4.69, 9.17) is 0 Å². The minimum Gasteiger partial charge on any atom is -0.357 e. The van der Waals surface area contributed by atoms with Crippen LogP contribution < -0.4 is 10.6 Å². The predicted octanol–water partition coefficient (Wildman–Crippen LogP) is 3.94. The van der Waals surface area contributed by atoms with Gasteiger partial charge in [0.15, 0.2) is 5.96 Å². The van der Waals surface area contributed by atoms with Crippen molar-refractivity contribution in [2.75, 3.05) is 6.54 Å². The molecule has 0 radical (unpaired) electrons. The van der Waals surface area contributed by atoms with Gasteiger partial charge in [-0.15, -0.1) is 35.3 Å². The lowest BCUT2D eigenvalue weighted by molar-refractivity contribution is 0.811. The first kappa shape index (κ1) is 19.9. The highest BCUT2D eigenvalue weighted by molar-refractivity contribution is 14.0. The van der Waals surface area contributed by atoms with Crippen LogP contribution in [0.15, 0.2) is 29.4 Å². The summed E-state index contributed by atoms with van der Waals surface area (Å²) >= 11 is 1.71. The molecule has 2 rings (SSSR count). The van der Waals surface area contributed by atoms with Gasteiger partial charge in [-0.1, -0.05) is 23.8 Å². The molecule has 0 aliphatic carbocycles. The minimum atomic E-state index is 0. The molecule has 0 saturated heterocycles. The summed E-state index contributed by atoms with van der Waals surface area (Å²) < 4.78 is 0. The zero-order valence-corrected chi connectivity index (χ0v) is 17.3. The van der Waals surface area contributed by atoms with E-state index < -0.39 is 0 Å². The molecule has 1 aromatic carbocycles. The van der Waals surface area contributed by atoms with E-state index >= 15 is 0 Å². The normalized spacial score (nSPS) is 11.0. The molecular weight excluding hydrogens is 419 g/mol. The van der Waals surface area contributed by atoms with Crippen molar-refractivity contribution in [3.63, 3.8) is 0 Å². The van der Waals surface area contributed by atoms with Crippen LogP contribution in [-0.4, -0.2) is 17.5 Å². The monoisotopic (exact) mass is 444 g/mol. The van der Waals surface area contributed by atoms with Gasteiger partial charge in [-0.25, -0.2) is 9.98 Å². The van der Waals surface area contributed by atoms with Crippen LogP contribution in [0.2, 0.25) is 0 Å². The molecule has 0 fully saturated rings. The Hall–Kier alpha value is -1.15. The van der Waals surface area contributed by atoms with Gasteiger partial charge in [0.1, 0.15) is 5.01 Å². The molecule has 0 unspecified atom stereocenters. The fourth-order valence-corrected chi connectivity index (χ4v) is 2.90. The zero-order valence-electron chi connectivity index (χ0n) is 14.1. The molecule has 2 aromatic rings. The second-order valence-electron chi connectivity index (χ2n) is 5.34.